The van der Waals surface area contributed by atoms with Crippen LogP contribution in [0.5, 0.6) is 0 Å². The van der Waals surface area contributed by atoms with Gasteiger partial charge in [0.15, 0.2) is 5.16 Å². The van der Waals surface area contributed by atoms with Gasteiger partial charge in [0.1, 0.15) is 6.61 Å². The first-order valence-electron chi connectivity index (χ1n) is 6.92. The van der Waals surface area contributed by atoms with Crippen LogP contribution in [0.4, 0.5) is 5.88 Å². The first kappa shape index (κ1) is 15.5. The quantitative estimate of drug-likeness (QED) is 0.295. The zero-order chi connectivity index (χ0) is 16.1. The number of imidazole rings is 1. The highest BCUT2D eigenvalue weighted by molar-refractivity contribution is 7.99. The van der Waals surface area contributed by atoms with Crippen LogP contribution >= 0.6 is 11.8 Å². The molecule has 2 heterocycles. The Morgan fingerprint density at radius 1 is 1.48 bits per heavy atom. The lowest BCUT2D eigenvalue weighted by atomic mass is 10.3. The van der Waals surface area contributed by atoms with Gasteiger partial charge in [-0.1, -0.05) is 23.9 Å². The SMILES string of the molecule is COCC[n+]1cc(/N=C(/[O-])CSc2nc3ccccc3[nH]2)on1. The predicted octanol–water partition coefficient (Wildman–Crippen LogP) is 0.667. The summed E-state index contributed by atoms with van der Waals surface area (Å²) >= 11 is 1.30. The van der Waals surface area contributed by atoms with Crippen molar-refractivity contribution in [3.63, 3.8) is 0 Å². The summed E-state index contributed by atoms with van der Waals surface area (Å²) < 4.78 is 11.4. The maximum absolute atomic E-state index is 11.9. The number of aromatic nitrogens is 4. The smallest absolute Gasteiger partial charge is 0.320 e. The Hall–Kier alpha value is -2.39. The molecule has 0 aliphatic rings. The third-order valence-electron chi connectivity index (χ3n) is 2.96. The molecule has 0 unspecified atom stereocenters. The fourth-order valence-corrected chi connectivity index (χ4v) is 2.56. The van der Waals surface area contributed by atoms with E-state index in [1.54, 1.807) is 13.3 Å². The largest absolute Gasteiger partial charge is 0.861 e. The second-order valence-corrected chi connectivity index (χ2v) is 5.61. The number of ether oxygens (including phenoxy) is 1. The molecule has 0 amide bonds. The van der Waals surface area contributed by atoms with Crippen molar-refractivity contribution in [1.29, 1.82) is 0 Å². The number of hydrogen-bond acceptors (Lipinski definition) is 7. The monoisotopic (exact) mass is 333 g/mol. The van der Waals surface area contributed by atoms with E-state index in [0.717, 1.165) is 11.0 Å². The van der Waals surface area contributed by atoms with Gasteiger partial charge in [-0.15, -0.1) is 0 Å². The van der Waals surface area contributed by atoms with Crippen LogP contribution in [-0.2, 0) is 11.3 Å². The summed E-state index contributed by atoms with van der Waals surface area (Å²) in [6.45, 7) is 1.05. The van der Waals surface area contributed by atoms with Gasteiger partial charge in [0.2, 0.25) is 11.8 Å². The fourth-order valence-electron chi connectivity index (χ4n) is 1.89. The van der Waals surface area contributed by atoms with Crippen LogP contribution in [0.3, 0.4) is 0 Å². The highest BCUT2D eigenvalue weighted by atomic mass is 32.2. The van der Waals surface area contributed by atoms with Gasteiger partial charge in [0.05, 0.1) is 11.0 Å². The van der Waals surface area contributed by atoms with E-state index in [4.69, 9.17) is 9.26 Å². The normalized spacial score (nSPS) is 12.1. The molecule has 0 aliphatic heterocycles. The molecule has 2 aromatic heterocycles. The number of fused-ring (bicyclic) bond motifs is 1. The Bertz CT molecular complexity index is 780. The van der Waals surface area contributed by atoms with Gasteiger partial charge >= 0.3 is 5.88 Å². The number of para-hydroxylation sites is 2. The van der Waals surface area contributed by atoms with Crippen LogP contribution in [0.25, 0.3) is 11.0 Å². The lowest BCUT2D eigenvalue weighted by molar-refractivity contribution is -0.763. The minimum absolute atomic E-state index is 0.165. The van der Waals surface area contributed by atoms with Crippen molar-refractivity contribution in [3.05, 3.63) is 30.5 Å². The predicted molar refractivity (Wildman–Crippen MR) is 82.5 cm³/mol. The molecule has 8 nitrogen and oxygen atoms in total. The molecular formula is C14H15N5O3S. The lowest BCUT2D eigenvalue weighted by Crippen LogP contribution is -2.36. The second-order valence-electron chi connectivity index (χ2n) is 4.65. The van der Waals surface area contributed by atoms with Gasteiger partial charge in [-0.05, 0) is 22.7 Å². The van der Waals surface area contributed by atoms with Crippen molar-refractivity contribution >= 4 is 34.6 Å². The summed E-state index contributed by atoms with van der Waals surface area (Å²) in [6, 6.07) is 7.69. The number of rotatable bonds is 7. The van der Waals surface area contributed by atoms with E-state index < -0.39 is 0 Å². The summed E-state index contributed by atoms with van der Waals surface area (Å²) in [6.07, 6.45) is 1.56. The fraction of sp³-hybridized carbons (Fsp3) is 0.286. The van der Waals surface area contributed by atoms with E-state index in [1.165, 1.54) is 16.4 Å². The number of methoxy groups -OCH3 is 1. The Kier molecular flexibility index (Phi) is 4.89. The summed E-state index contributed by atoms with van der Waals surface area (Å²) in [7, 11) is 1.60. The molecule has 0 saturated carbocycles. The molecule has 23 heavy (non-hydrogen) atoms. The lowest BCUT2D eigenvalue weighted by Gasteiger charge is -2.06. The number of H-pyrrole nitrogens is 1. The minimum Gasteiger partial charge on any atom is -0.861 e. The van der Waals surface area contributed by atoms with E-state index in [-0.39, 0.29) is 17.5 Å². The van der Waals surface area contributed by atoms with Crippen molar-refractivity contribution in [1.82, 2.24) is 15.2 Å². The number of thioether (sulfide) groups is 1. The zero-order valence-electron chi connectivity index (χ0n) is 12.4. The maximum atomic E-state index is 11.9. The standard InChI is InChI=1S/C14H15N5O3S/c1-21-7-6-19-8-13(22-18-19)17-12(20)9-23-14-15-10-4-2-3-5-11(10)16-14/h2-5,8H,6-7,9H2,1H3,(H-,15,16,17,18,20). The van der Waals surface area contributed by atoms with Crippen LogP contribution in [0.2, 0.25) is 0 Å². The van der Waals surface area contributed by atoms with Crippen LogP contribution < -0.4 is 9.79 Å². The average Bonchev–Trinajstić information content (AvgIpc) is 3.17. The highest BCUT2D eigenvalue weighted by Gasteiger charge is 2.10. The van der Waals surface area contributed by atoms with Crippen LogP contribution in [-0.4, -0.2) is 40.6 Å². The Labute approximate surface area is 136 Å². The van der Waals surface area contributed by atoms with Crippen LogP contribution in [0.15, 0.2) is 45.1 Å². The molecule has 0 radical (unpaired) electrons. The molecule has 120 valence electrons. The van der Waals surface area contributed by atoms with Gasteiger partial charge in [0, 0.05) is 12.9 Å². The maximum Gasteiger partial charge on any atom is 0.320 e. The first-order chi connectivity index (χ1) is 11.2. The molecule has 0 spiro atoms. The molecule has 3 rings (SSSR count). The first-order valence-corrected chi connectivity index (χ1v) is 7.90. The van der Waals surface area contributed by atoms with Crippen molar-refractivity contribution < 1.29 is 19.0 Å². The second kappa shape index (κ2) is 7.25. The molecule has 0 aliphatic carbocycles. The number of nitrogens with one attached hydrogen (secondary N) is 1. The molecular weight excluding hydrogens is 318 g/mol. The van der Waals surface area contributed by atoms with E-state index >= 15 is 0 Å². The summed E-state index contributed by atoms with van der Waals surface area (Å²) in [5.41, 5.74) is 1.81. The topological polar surface area (TPSA) is 103 Å². The molecule has 0 atom stereocenters. The number of benzene rings is 1. The van der Waals surface area contributed by atoms with E-state index in [9.17, 15) is 5.11 Å². The van der Waals surface area contributed by atoms with Crippen LogP contribution in [0.1, 0.15) is 0 Å². The van der Waals surface area contributed by atoms with Crippen LogP contribution in [0, 0.1) is 0 Å². The minimum atomic E-state index is -0.314. The Morgan fingerprint density at radius 3 is 3.17 bits per heavy atom. The van der Waals surface area contributed by atoms with Crippen molar-refractivity contribution in [2.75, 3.05) is 19.5 Å². The molecule has 0 fully saturated rings. The van der Waals surface area contributed by atoms with Gasteiger partial charge in [0.25, 0.3) is 6.20 Å². The highest BCUT2D eigenvalue weighted by Crippen LogP contribution is 2.19. The van der Waals surface area contributed by atoms with Crippen molar-refractivity contribution in [2.45, 2.75) is 11.7 Å². The number of aromatic amines is 1. The molecule has 1 aromatic carbocycles. The molecule has 0 saturated heterocycles. The summed E-state index contributed by atoms with van der Waals surface area (Å²) in [5, 5.41) is 16.3. The van der Waals surface area contributed by atoms with Gasteiger partial charge in [-0.3, -0.25) is 4.52 Å². The molecule has 9 heteroatoms. The van der Waals surface area contributed by atoms with Crippen molar-refractivity contribution in [3.8, 4) is 0 Å². The van der Waals surface area contributed by atoms with Gasteiger partial charge in [-0.2, -0.15) is 0 Å². The summed E-state index contributed by atoms with van der Waals surface area (Å²) in [4.78, 5) is 11.4. The molecule has 1 N–H and O–H groups in total. The number of hydrogen-bond donors (Lipinski definition) is 1. The Balaban J connectivity index is 1.59. The third-order valence-corrected chi connectivity index (χ3v) is 3.82. The van der Waals surface area contributed by atoms with Gasteiger partial charge in [-0.25, -0.2) is 9.98 Å². The Morgan fingerprint density at radius 2 is 2.35 bits per heavy atom. The average molecular weight is 333 g/mol. The van der Waals surface area contributed by atoms with Gasteiger partial charge < -0.3 is 14.8 Å². The zero-order valence-corrected chi connectivity index (χ0v) is 13.2. The summed E-state index contributed by atoms with van der Waals surface area (Å²) in [5.74, 6) is 0.0281. The third kappa shape index (κ3) is 4.08. The molecule has 0 bridgehead atoms. The molecule has 3 aromatic rings. The van der Waals surface area contributed by atoms with E-state index in [1.807, 2.05) is 24.3 Å². The number of aliphatic imine (C=N–C) groups is 1. The number of nitrogens with zero attached hydrogens (tertiary/aromatic N) is 4. The van der Waals surface area contributed by atoms with E-state index in [2.05, 4.69) is 20.2 Å². The van der Waals surface area contributed by atoms with Crippen molar-refractivity contribution in [2.24, 2.45) is 4.99 Å². The van der Waals surface area contributed by atoms with E-state index in [0.29, 0.717) is 18.3 Å².